The molecule has 3 N–H and O–H groups in total. The van der Waals surface area contributed by atoms with Gasteiger partial charge in [-0.2, -0.15) is 0 Å². The molecule has 0 radical (unpaired) electrons. The van der Waals surface area contributed by atoms with Gasteiger partial charge in [0.1, 0.15) is 6.04 Å². The molecule has 0 aliphatic carbocycles. The van der Waals surface area contributed by atoms with E-state index in [4.69, 9.17) is 0 Å². The van der Waals surface area contributed by atoms with Gasteiger partial charge in [0.15, 0.2) is 9.84 Å². The maximum atomic E-state index is 12.7. The first-order valence-corrected chi connectivity index (χ1v) is 11.2. The van der Waals surface area contributed by atoms with Crippen molar-refractivity contribution in [1.29, 1.82) is 0 Å². The second-order valence-corrected chi connectivity index (χ2v) is 9.95. The van der Waals surface area contributed by atoms with Crippen LogP contribution >= 0.6 is 0 Å². The summed E-state index contributed by atoms with van der Waals surface area (Å²) >= 11 is 0. The number of sulfone groups is 1. The number of carboxylic acids is 1. The van der Waals surface area contributed by atoms with Crippen LogP contribution in [0.15, 0.2) is 59.5 Å². The molecule has 0 saturated carbocycles. The van der Waals surface area contributed by atoms with E-state index in [9.17, 15) is 23.1 Å². The van der Waals surface area contributed by atoms with Crippen molar-refractivity contribution in [2.75, 3.05) is 12.3 Å². The third-order valence-corrected chi connectivity index (χ3v) is 6.67. The average molecular weight is 433 g/mol. The molecule has 8 heteroatoms. The molecule has 0 aliphatic heterocycles. The number of carbonyl (C=O) groups is 2. The summed E-state index contributed by atoms with van der Waals surface area (Å²) in [6.07, 6.45) is 0.160. The standard InChI is InChI=1S/C22H28N2O5S/c1-16-9-11-18(12-10-16)30(28,29)15-22(2,3)23-14-20(25)24-19(21(26)27)13-17-7-5-4-6-8-17/h4-12,19,23H,13-15H2,1-3H3,(H,24,25)(H,26,27)/t19-/m0/s1. The van der Waals surface area contributed by atoms with E-state index in [0.29, 0.717) is 0 Å². The molecule has 0 spiro atoms. The maximum Gasteiger partial charge on any atom is 0.326 e. The number of hydrogen-bond donors (Lipinski definition) is 3. The lowest BCUT2D eigenvalue weighted by atomic mass is 10.1. The molecule has 0 saturated heterocycles. The van der Waals surface area contributed by atoms with Crippen LogP contribution in [0.25, 0.3) is 0 Å². The zero-order valence-corrected chi connectivity index (χ0v) is 18.2. The van der Waals surface area contributed by atoms with E-state index in [-0.39, 0.29) is 23.6 Å². The highest BCUT2D eigenvalue weighted by Gasteiger charge is 2.28. The molecular weight excluding hydrogens is 404 g/mol. The normalized spacial score (nSPS) is 12.9. The van der Waals surface area contributed by atoms with Crippen molar-refractivity contribution in [2.24, 2.45) is 0 Å². The van der Waals surface area contributed by atoms with Gasteiger partial charge in [-0.1, -0.05) is 48.0 Å². The van der Waals surface area contributed by atoms with Crippen LogP contribution in [-0.4, -0.2) is 49.3 Å². The van der Waals surface area contributed by atoms with Crippen LogP contribution in [0, 0.1) is 6.92 Å². The lowest BCUT2D eigenvalue weighted by molar-refractivity contribution is -0.141. The summed E-state index contributed by atoms with van der Waals surface area (Å²) in [5, 5.41) is 14.8. The Morgan fingerprint density at radius 2 is 1.63 bits per heavy atom. The minimum absolute atomic E-state index is 0.160. The SMILES string of the molecule is Cc1ccc(S(=O)(=O)CC(C)(C)NCC(=O)N[C@@H](Cc2ccccc2)C(=O)O)cc1. The number of carbonyl (C=O) groups excluding carboxylic acids is 1. The lowest BCUT2D eigenvalue weighted by Gasteiger charge is -2.26. The molecule has 30 heavy (non-hydrogen) atoms. The van der Waals surface area contributed by atoms with Gasteiger partial charge in [0.25, 0.3) is 0 Å². The molecule has 1 amide bonds. The Bertz CT molecular complexity index is 970. The summed E-state index contributed by atoms with van der Waals surface area (Å²) in [7, 11) is -3.55. The summed E-state index contributed by atoms with van der Waals surface area (Å²) in [6.45, 7) is 5.05. The van der Waals surface area contributed by atoms with Gasteiger partial charge < -0.3 is 15.7 Å². The fourth-order valence-electron chi connectivity index (χ4n) is 2.97. The number of nitrogens with one attached hydrogen (secondary N) is 2. The Labute approximate surface area is 177 Å². The molecule has 1 atom stereocenters. The summed E-state index contributed by atoms with van der Waals surface area (Å²) in [5.41, 5.74) is 0.869. The number of aryl methyl sites for hydroxylation is 1. The highest BCUT2D eigenvalue weighted by Crippen LogP contribution is 2.17. The fourth-order valence-corrected chi connectivity index (χ4v) is 4.74. The van der Waals surface area contributed by atoms with E-state index in [1.807, 2.05) is 13.0 Å². The molecule has 2 aromatic rings. The summed E-state index contributed by atoms with van der Waals surface area (Å²) in [4.78, 5) is 24.0. The van der Waals surface area contributed by atoms with E-state index in [0.717, 1.165) is 11.1 Å². The van der Waals surface area contributed by atoms with Crippen molar-refractivity contribution >= 4 is 21.7 Å². The monoisotopic (exact) mass is 432 g/mol. The first-order chi connectivity index (χ1) is 14.0. The van der Waals surface area contributed by atoms with Crippen molar-refractivity contribution in [3.05, 3.63) is 65.7 Å². The highest BCUT2D eigenvalue weighted by molar-refractivity contribution is 7.91. The van der Waals surface area contributed by atoms with Gasteiger partial charge in [0.2, 0.25) is 5.91 Å². The van der Waals surface area contributed by atoms with E-state index in [2.05, 4.69) is 10.6 Å². The minimum atomic E-state index is -3.55. The summed E-state index contributed by atoms with van der Waals surface area (Å²) in [6, 6.07) is 14.5. The van der Waals surface area contributed by atoms with Gasteiger partial charge >= 0.3 is 5.97 Å². The number of carboxylic acid groups (broad SMARTS) is 1. The highest BCUT2D eigenvalue weighted by atomic mass is 32.2. The molecule has 0 heterocycles. The average Bonchev–Trinajstić information content (AvgIpc) is 2.66. The predicted octanol–water partition coefficient (Wildman–Crippen LogP) is 1.95. The van der Waals surface area contributed by atoms with Gasteiger partial charge in [-0.15, -0.1) is 0 Å². The van der Waals surface area contributed by atoms with Gasteiger partial charge in [0.05, 0.1) is 17.2 Å². The molecule has 162 valence electrons. The Morgan fingerprint density at radius 1 is 1.03 bits per heavy atom. The van der Waals surface area contributed by atoms with Crippen LogP contribution in [0.4, 0.5) is 0 Å². The molecule has 2 aromatic carbocycles. The Hall–Kier alpha value is -2.71. The van der Waals surface area contributed by atoms with E-state index in [1.54, 1.807) is 62.4 Å². The topological polar surface area (TPSA) is 113 Å². The zero-order valence-electron chi connectivity index (χ0n) is 17.4. The second kappa shape index (κ2) is 9.86. The fraction of sp³-hybridized carbons (Fsp3) is 0.364. The third kappa shape index (κ3) is 7.27. The number of rotatable bonds is 10. The molecule has 0 aliphatic rings. The molecule has 0 fully saturated rings. The van der Waals surface area contributed by atoms with E-state index in [1.165, 1.54) is 0 Å². The van der Waals surface area contributed by atoms with E-state index < -0.39 is 33.3 Å². The van der Waals surface area contributed by atoms with Crippen LogP contribution in [0.1, 0.15) is 25.0 Å². The van der Waals surface area contributed by atoms with Crippen LogP contribution in [-0.2, 0) is 25.8 Å². The Kier molecular flexibility index (Phi) is 7.75. The number of amides is 1. The van der Waals surface area contributed by atoms with Crippen molar-refractivity contribution in [2.45, 2.75) is 43.7 Å². The summed E-state index contributed by atoms with van der Waals surface area (Å²) < 4.78 is 25.3. The van der Waals surface area contributed by atoms with Crippen molar-refractivity contribution < 1.29 is 23.1 Å². The smallest absolute Gasteiger partial charge is 0.326 e. The van der Waals surface area contributed by atoms with Crippen LogP contribution < -0.4 is 10.6 Å². The molecule has 7 nitrogen and oxygen atoms in total. The van der Waals surface area contributed by atoms with Gasteiger partial charge in [-0.05, 0) is 38.5 Å². The van der Waals surface area contributed by atoms with Crippen LogP contribution in [0.5, 0.6) is 0 Å². The van der Waals surface area contributed by atoms with Crippen LogP contribution in [0.3, 0.4) is 0 Å². The second-order valence-electron chi connectivity index (χ2n) is 7.96. The number of hydrogen-bond acceptors (Lipinski definition) is 5. The Morgan fingerprint density at radius 3 is 2.20 bits per heavy atom. The maximum absolute atomic E-state index is 12.7. The quantitative estimate of drug-likeness (QED) is 0.529. The van der Waals surface area contributed by atoms with Gasteiger partial charge in [0, 0.05) is 12.0 Å². The first kappa shape index (κ1) is 23.6. The Balaban J connectivity index is 1.94. The predicted molar refractivity (Wildman–Crippen MR) is 115 cm³/mol. The summed E-state index contributed by atoms with van der Waals surface area (Å²) in [5.74, 6) is -1.85. The van der Waals surface area contributed by atoms with Gasteiger partial charge in [-0.25, -0.2) is 13.2 Å². The first-order valence-electron chi connectivity index (χ1n) is 9.59. The van der Waals surface area contributed by atoms with Crippen molar-refractivity contribution in [1.82, 2.24) is 10.6 Å². The van der Waals surface area contributed by atoms with Gasteiger partial charge in [-0.3, -0.25) is 4.79 Å². The van der Waals surface area contributed by atoms with Crippen molar-refractivity contribution in [3.63, 3.8) is 0 Å². The van der Waals surface area contributed by atoms with Crippen LogP contribution in [0.2, 0.25) is 0 Å². The molecule has 0 aromatic heterocycles. The minimum Gasteiger partial charge on any atom is -0.480 e. The molecule has 0 unspecified atom stereocenters. The molecule has 0 bridgehead atoms. The van der Waals surface area contributed by atoms with E-state index >= 15 is 0 Å². The third-order valence-electron chi connectivity index (χ3n) is 4.57. The largest absolute Gasteiger partial charge is 0.480 e. The zero-order chi connectivity index (χ0) is 22.4. The number of benzene rings is 2. The number of aliphatic carboxylic acids is 1. The lowest BCUT2D eigenvalue weighted by Crippen LogP contribution is -2.52. The molecule has 2 rings (SSSR count). The van der Waals surface area contributed by atoms with Crippen molar-refractivity contribution in [3.8, 4) is 0 Å². The molecular formula is C22H28N2O5S.